The molecule has 0 aliphatic carbocycles. The Labute approximate surface area is 101 Å². The van der Waals surface area contributed by atoms with Crippen molar-refractivity contribution in [1.29, 1.82) is 5.26 Å². The first kappa shape index (κ1) is 11.2. The molecule has 2 rings (SSSR count). The molecule has 0 saturated heterocycles. The fourth-order valence-electron chi connectivity index (χ4n) is 1.64. The number of hydrogen-bond donors (Lipinski definition) is 0. The van der Waals surface area contributed by atoms with Gasteiger partial charge in [-0.1, -0.05) is 48.5 Å². The molecular weight excluding hydrogens is 210 g/mol. The molecule has 2 nitrogen and oxygen atoms in total. The summed E-state index contributed by atoms with van der Waals surface area (Å²) in [7, 11) is 0. The average molecular weight is 223 g/mol. The Kier molecular flexibility index (Phi) is 3.77. The lowest BCUT2D eigenvalue weighted by Crippen LogP contribution is -2.06. The Morgan fingerprint density at radius 2 is 1.53 bits per heavy atom. The molecule has 0 fully saturated rings. The second kappa shape index (κ2) is 5.72. The molecule has 0 aliphatic rings. The van der Waals surface area contributed by atoms with Crippen molar-refractivity contribution in [2.75, 3.05) is 0 Å². The largest absolute Gasteiger partial charge is 0.485 e. The summed E-state index contributed by atoms with van der Waals surface area (Å²) in [5.74, 6) is 0.789. The van der Waals surface area contributed by atoms with E-state index in [9.17, 15) is 0 Å². The van der Waals surface area contributed by atoms with Gasteiger partial charge in [0.15, 0.2) is 0 Å². The van der Waals surface area contributed by atoms with E-state index >= 15 is 0 Å². The van der Waals surface area contributed by atoms with Crippen LogP contribution >= 0.6 is 0 Å². The lowest BCUT2D eigenvalue weighted by Gasteiger charge is -2.16. The molecule has 0 bridgehead atoms. The Balaban J connectivity index is 2.17. The molecule has 0 aliphatic heterocycles. The van der Waals surface area contributed by atoms with Crippen LogP contribution in [0.15, 0.2) is 60.7 Å². The van der Waals surface area contributed by atoms with E-state index in [1.54, 1.807) is 0 Å². The molecular formula is C15H13NO. The zero-order valence-corrected chi connectivity index (χ0v) is 9.41. The highest BCUT2D eigenvalue weighted by Crippen LogP contribution is 2.23. The zero-order valence-electron chi connectivity index (χ0n) is 9.41. The third kappa shape index (κ3) is 3.09. The minimum absolute atomic E-state index is 0.205. The maximum absolute atomic E-state index is 8.85. The number of rotatable bonds is 4. The minimum Gasteiger partial charge on any atom is -0.485 e. The van der Waals surface area contributed by atoms with E-state index < -0.39 is 0 Å². The number of benzene rings is 2. The van der Waals surface area contributed by atoms with Crippen molar-refractivity contribution >= 4 is 0 Å². The summed E-state index contributed by atoms with van der Waals surface area (Å²) >= 11 is 0. The van der Waals surface area contributed by atoms with Crippen LogP contribution in [0.2, 0.25) is 0 Å². The van der Waals surface area contributed by atoms with Gasteiger partial charge >= 0.3 is 0 Å². The highest BCUT2D eigenvalue weighted by atomic mass is 16.5. The van der Waals surface area contributed by atoms with Crippen LogP contribution in [0.25, 0.3) is 0 Å². The third-order valence-corrected chi connectivity index (χ3v) is 2.47. The first-order valence-corrected chi connectivity index (χ1v) is 5.54. The van der Waals surface area contributed by atoms with Gasteiger partial charge in [-0.2, -0.15) is 5.26 Å². The Hall–Kier alpha value is -2.27. The maximum Gasteiger partial charge on any atom is 0.137 e. The first-order valence-electron chi connectivity index (χ1n) is 5.54. The van der Waals surface area contributed by atoms with Crippen molar-refractivity contribution in [2.24, 2.45) is 0 Å². The summed E-state index contributed by atoms with van der Waals surface area (Å²) in [5, 5.41) is 8.85. The van der Waals surface area contributed by atoms with Gasteiger partial charge in [0.05, 0.1) is 12.5 Å². The van der Waals surface area contributed by atoms with Crippen LogP contribution in [0, 0.1) is 11.3 Å². The number of ether oxygens (including phenoxy) is 1. The summed E-state index contributed by atoms with van der Waals surface area (Å²) in [4.78, 5) is 0. The van der Waals surface area contributed by atoms with Crippen LogP contribution < -0.4 is 4.74 Å². The van der Waals surface area contributed by atoms with Crippen molar-refractivity contribution in [3.8, 4) is 11.8 Å². The van der Waals surface area contributed by atoms with Crippen molar-refractivity contribution in [2.45, 2.75) is 12.5 Å². The number of nitriles is 1. The standard InChI is InChI=1S/C15H13NO/c16-12-11-15(13-7-3-1-4-8-13)17-14-9-5-2-6-10-14/h1-10,15H,11H2/t15-/m1/s1. The maximum atomic E-state index is 8.85. The molecule has 0 radical (unpaired) electrons. The van der Waals surface area contributed by atoms with Gasteiger partial charge in [0, 0.05) is 0 Å². The predicted octanol–water partition coefficient (Wildman–Crippen LogP) is 3.72. The molecule has 2 aromatic rings. The lowest BCUT2D eigenvalue weighted by molar-refractivity contribution is 0.211. The summed E-state index contributed by atoms with van der Waals surface area (Å²) in [6, 6.07) is 21.5. The van der Waals surface area contributed by atoms with Crippen LogP contribution in [0.3, 0.4) is 0 Å². The van der Waals surface area contributed by atoms with Gasteiger partial charge < -0.3 is 4.74 Å². The summed E-state index contributed by atoms with van der Waals surface area (Å²) in [5.41, 5.74) is 1.03. The van der Waals surface area contributed by atoms with Crippen molar-refractivity contribution in [3.63, 3.8) is 0 Å². The van der Waals surface area contributed by atoms with Crippen LogP contribution in [0.5, 0.6) is 5.75 Å². The SMILES string of the molecule is N#CC[C@@H](Oc1ccccc1)c1ccccc1. The first-order chi connectivity index (χ1) is 8.40. The van der Waals surface area contributed by atoms with E-state index in [4.69, 9.17) is 10.00 Å². The molecule has 1 atom stereocenters. The molecule has 0 heterocycles. The fourth-order valence-corrected chi connectivity index (χ4v) is 1.64. The van der Waals surface area contributed by atoms with E-state index in [-0.39, 0.29) is 6.10 Å². The average Bonchev–Trinajstić information content (AvgIpc) is 2.40. The number of para-hydroxylation sites is 1. The molecule has 0 N–H and O–H groups in total. The molecule has 0 unspecified atom stereocenters. The van der Waals surface area contributed by atoms with Crippen molar-refractivity contribution in [1.82, 2.24) is 0 Å². The van der Waals surface area contributed by atoms with Crippen LogP contribution in [0.4, 0.5) is 0 Å². The molecule has 0 spiro atoms. The highest BCUT2D eigenvalue weighted by Gasteiger charge is 2.12. The minimum atomic E-state index is -0.205. The highest BCUT2D eigenvalue weighted by molar-refractivity contribution is 5.25. The normalized spacial score (nSPS) is 11.5. The zero-order chi connectivity index (χ0) is 11.9. The van der Waals surface area contributed by atoms with E-state index in [0.29, 0.717) is 6.42 Å². The Morgan fingerprint density at radius 1 is 0.941 bits per heavy atom. The second-order valence-electron chi connectivity index (χ2n) is 3.69. The van der Waals surface area contributed by atoms with E-state index in [1.165, 1.54) is 0 Å². The predicted molar refractivity (Wildman–Crippen MR) is 66.5 cm³/mol. The molecule has 2 heteroatoms. The molecule has 84 valence electrons. The third-order valence-electron chi connectivity index (χ3n) is 2.47. The summed E-state index contributed by atoms with van der Waals surface area (Å²) < 4.78 is 5.82. The van der Waals surface area contributed by atoms with Crippen molar-refractivity contribution in [3.05, 3.63) is 66.2 Å². The van der Waals surface area contributed by atoms with E-state index in [0.717, 1.165) is 11.3 Å². The van der Waals surface area contributed by atoms with Gasteiger partial charge in [-0.3, -0.25) is 0 Å². The van der Waals surface area contributed by atoms with Crippen LogP contribution in [0.1, 0.15) is 18.1 Å². The quantitative estimate of drug-likeness (QED) is 0.791. The van der Waals surface area contributed by atoms with Crippen molar-refractivity contribution < 1.29 is 4.74 Å². The van der Waals surface area contributed by atoms with Crippen LogP contribution in [-0.4, -0.2) is 0 Å². The Bertz CT molecular complexity index is 487. The molecule has 0 amide bonds. The van der Waals surface area contributed by atoms with E-state index in [2.05, 4.69) is 6.07 Å². The summed E-state index contributed by atoms with van der Waals surface area (Å²) in [6.45, 7) is 0. The topological polar surface area (TPSA) is 33.0 Å². The van der Waals surface area contributed by atoms with Gasteiger partial charge in [0.2, 0.25) is 0 Å². The molecule has 2 aromatic carbocycles. The second-order valence-corrected chi connectivity index (χ2v) is 3.69. The van der Waals surface area contributed by atoms with Gasteiger partial charge in [-0.15, -0.1) is 0 Å². The molecule has 0 aromatic heterocycles. The van der Waals surface area contributed by atoms with Gasteiger partial charge in [0.1, 0.15) is 11.9 Å². The lowest BCUT2D eigenvalue weighted by atomic mass is 10.1. The summed E-state index contributed by atoms with van der Waals surface area (Å²) in [6.07, 6.45) is 0.141. The fraction of sp³-hybridized carbons (Fsp3) is 0.133. The van der Waals surface area contributed by atoms with E-state index in [1.807, 2.05) is 60.7 Å². The Morgan fingerprint density at radius 3 is 2.12 bits per heavy atom. The monoisotopic (exact) mass is 223 g/mol. The molecule has 17 heavy (non-hydrogen) atoms. The van der Waals surface area contributed by atoms with Gasteiger partial charge in [-0.05, 0) is 17.7 Å². The van der Waals surface area contributed by atoms with Crippen LogP contribution in [-0.2, 0) is 0 Å². The number of hydrogen-bond acceptors (Lipinski definition) is 2. The molecule has 0 saturated carbocycles. The smallest absolute Gasteiger partial charge is 0.137 e. The number of nitrogens with zero attached hydrogens (tertiary/aromatic N) is 1. The van der Waals surface area contributed by atoms with Gasteiger partial charge in [0.25, 0.3) is 0 Å². The van der Waals surface area contributed by atoms with Gasteiger partial charge in [-0.25, -0.2) is 0 Å².